The normalized spacial score (nSPS) is 25.3. The van der Waals surface area contributed by atoms with Crippen molar-refractivity contribution >= 4 is 16.8 Å². The molecule has 1 aromatic heterocycles. The van der Waals surface area contributed by atoms with Gasteiger partial charge >= 0.3 is 0 Å². The molecule has 2 heterocycles. The van der Waals surface area contributed by atoms with Gasteiger partial charge in [-0.3, -0.25) is 4.79 Å². The smallest absolute Gasteiger partial charge is 0.220 e. The van der Waals surface area contributed by atoms with E-state index in [-0.39, 0.29) is 5.91 Å². The SMILES string of the molecule is CCCCC(=O)NC[C@@H]1C[C@@H]2c3cccc4c3c(cn4C)C[C@H]2N(C)C1. The predicted octanol–water partition coefficient (Wildman–Crippen LogP) is 3.44. The summed E-state index contributed by atoms with van der Waals surface area (Å²) in [6, 6.07) is 7.36. The number of nitrogens with one attached hydrogen (secondary N) is 1. The number of carbonyl (C=O) groups is 1. The number of aromatic nitrogens is 1. The molecule has 1 amide bonds. The molecule has 1 aliphatic heterocycles. The van der Waals surface area contributed by atoms with Crippen LogP contribution in [0.4, 0.5) is 0 Å². The fourth-order valence-corrected chi connectivity index (χ4v) is 5.16. The number of rotatable bonds is 5. The van der Waals surface area contributed by atoms with E-state index in [0.29, 0.717) is 24.3 Å². The van der Waals surface area contributed by atoms with Crippen LogP contribution in [0.25, 0.3) is 10.9 Å². The Morgan fingerprint density at radius 2 is 2.15 bits per heavy atom. The molecule has 1 saturated heterocycles. The van der Waals surface area contributed by atoms with Crippen LogP contribution in [0.15, 0.2) is 24.4 Å². The molecule has 3 atom stereocenters. The Kier molecular flexibility index (Phi) is 4.78. The van der Waals surface area contributed by atoms with E-state index in [2.05, 4.69) is 60.2 Å². The summed E-state index contributed by atoms with van der Waals surface area (Å²) >= 11 is 0. The molecule has 0 spiro atoms. The molecule has 1 aliphatic carbocycles. The zero-order valence-corrected chi connectivity index (χ0v) is 16.3. The Hall–Kier alpha value is -1.81. The lowest BCUT2D eigenvalue weighted by Gasteiger charge is -2.45. The maximum absolute atomic E-state index is 12.0. The van der Waals surface area contributed by atoms with Crippen LogP contribution >= 0.6 is 0 Å². The quantitative estimate of drug-likeness (QED) is 0.894. The number of unbranched alkanes of at least 4 members (excludes halogenated alkanes) is 1. The van der Waals surface area contributed by atoms with Gasteiger partial charge in [-0.25, -0.2) is 0 Å². The van der Waals surface area contributed by atoms with Gasteiger partial charge in [0.05, 0.1) is 0 Å². The lowest BCUT2D eigenvalue weighted by atomic mass is 9.72. The highest BCUT2D eigenvalue weighted by atomic mass is 16.1. The van der Waals surface area contributed by atoms with Gasteiger partial charge in [0.25, 0.3) is 0 Å². The predicted molar refractivity (Wildman–Crippen MR) is 106 cm³/mol. The summed E-state index contributed by atoms with van der Waals surface area (Å²) in [5, 5.41) is 4.67. The van der Waals surface area contributed by atoms with Gasteiger partial charge in [0.1, 0.15) is 0 Å². The van der Waals surface area contributed by atoms with Crippen LogP contribution < -0.4 is 5.32 Å². The third kappa shape index (κ3) is 3.05. The fourth-order valence-electron chi connectivity index (χ4n) is 5.16. The Balaban J connectivity index is 1.53. The molecule has 1 fully saturated rings. The number of hydrogen-bond donors (Lipinski definition) is 1. The molecule has 0 saturated carbocycles. The fraction of sp³-hybridized carbons (Fsp3) is 0.591. The number of benzene rings is 1. The first kappa shape index (κ1) is 17.6. The average molecular weight is 354 g/mol. The van der Waals surface area contributed by atoms with Crippen LogP contribution in [0, 0.1) is 5.92 Å². The van der Waals surface area contributed by atoms with Crippen molar-refractivity contribution in [2.24, 2.45) is 13.0 Å². The van der Waals surface area contributed by atoms with Gasteiger partial charge in [-0.15, -0.1) is 0 Å². The van der Waals surface area contributed by atoms with Crippen molar-refractivity contribution in [2.45, 2.75) is 51.0 Å². The first-order valence-corrected chi connectivity index (χ1v) is 10.1. The zero-order chi connectivity index (χ0) is 18.3. The Labute approximate surface area is 156 Å². The monoisotopic (exact) mass is 353 g/mol. The molecule has 4 nitrogen and oxygen atoms in total. The Morgan fingerprint density at radius 1 is 1.31 bits per heavy atom. The van der Waals surface area contributed by atoms with Crippen molar-refractivity contribution in [1.29, 1.82) is 0 Å². The van der Waals surface area contributed by atoms with Crippen molar-refractivity contribution in [3.8, 4) is 0 Å². The van der Waals surface area contributed by atoms with E-state index in [1.165, 1.54) is 28.5 Å². The van der Waals surface area contributed by atoms with Crippen LogP contribution in [0.2, 0.25) is 0 Å². The molecule has 2 aromatic rings. The number of amides is 1. The number of nitrogens with zero attached hydrogens (tertiary/aromatic N) is 2. The molecule has 4 heteroatoms. The number of likely N-dealkylation sites (N-methyl/N-ethyl adjacent to an activating group) is 1. The van der Waals surface area contributed by atoms with Crippen molar-refractivity contribution < 1.29 is 4.79 Å². The number of fused-ring (bicyclic) bond motifs is 2. The minimum Gasteiger partial charge on any atom is -0.356 e. The average Bonchev–Trinajstić information content (AvgIpc) is 2.96. The number of carbonyl (C=O) groups excluding carboxylic acids is 1. The summed E-state index contributed by atoms with van der Waals surface area (Å²) in [6.45, 7) is 4.02. The minimum atomic E-state index is 0.215. The van der Waals surface area contributed by atoms with E-state index in [9.17, 15) is 4.79 Å². The van der Waals surface area contributed by atoms with E-state index < -0.39 is 0 Å². The molecule has 140 valence electrons. The number of hydrogen-bond acceptors (Lipinski definition) is 2. The lowest BCUT2D eigenvalue weighted by molar-refractivity contribution is -0.121. The standard InChI is InChI=1S/C22H31N3O/c1-4-5-9-21(26)23-12-15-10-18-17-7-6-8-19-22(17)16(14-25(19)3)11-20(18)24(2)13-15/h6-8,14-15,18,20H,4-5,9-13H2,1-3H3,(H,23,26)/t15-,18+,20+/m0/s1. The molecule has 0 unspecified atom stereocenters. The summed E-state index contributed by atoms with van der Waals surface area (Å²) in [7, 11) is 4.42. The van der Waals surface area contributed by atoms with E-state index in [0.717, 1.165) is 32.4 Å². The van der Waals surface area contributed by atoms with Crippen molar-refractivity contribution in [1.82, 2.24) is 14.8 Å². The summed E-state index contributed by atoms with van der Waals surface area (Å²) in [5.74, 6) is 1.32. The second kappa shape index (κ2) is 7.07. The molecule has 0 radical (unpaired) electrons. The maximum atomic E-state index is 12.0. The molecule has 1 N–H and O–H groups in total. The number of likely N-dealkylation sites (tertiary alicyclic amines) is 1. The molecular weight excluding hydrogens is 322 g/mol. The minimum absolute atomic E-state index is 0.215. The highest BCUT2D eigenvalue weighted by Gasteiger charge is 2.39. The topological polar surface area (TPSA) is 37.3 Å². The second-order valence-electron chi connectivity index (χ2n) is 8.33. The Morgan fingerprint density at radius 3 is 2.96 bits per heavy atom. The lowest BCUT2D eigenvalue weighted by Crippen LogP contribution is -2.50. The molecule has 1 aromatic carbocycles. The van der Waals surface area contributed by atoms with Crippen LogP contribution in [0.3, 0.4) is 0 Å². The molecule has 26 heavy (non-hydrogen) atoms. The highest BCUT2D eigenvalue weighted by molar-refractivity contribution is 5.89. The van der Waals surface area contributed by atoms with Crippen LogP contribution in [-0.4, -0.2) is 41.6 Å². The Bertz CT molecular complexity index is 809. The van der Waals surface area contributed by atoms with E-state index in [1.54, 1.807) is 0 Å². The van der Waals surface area contributed by atoms with Gasteiger partial charge in [0.2, 0.25) is 5.91 Å². The summed E-state index contributed by atoms with van der Waals surface area (Å²) in [5.41, 5.74) is 4.37. The van der Waals surface area contributed by atoms with E-state index in [1.807, 2.05) is 0 Å². The van der Waals surface area contributed by atoms with Gasteiger partial charge in [-0.2, -0.15) is 0 Å². The molecule has 0 bridgehead atoms. The molecule has 2 aliphatic rings. The van der Waals surface area contributed by atoms with Crippen LogP contribution in [0.5, 0.6) is 0 Å². The first-order valence-electron chi connectivity index (χ1n) is 10.1. The summed E-state index contributed by atoms with van der Waals surface area (Å²) in [6.07, 6.45) is 7.37. The second-order valence-corrected chi connectivity index (χ2v) is 8.33. The van der Waals surface area contributed by atoms with Crippen LogP contribution in [0.1, 0.15) is 49.7 Å². The third-order valence-corrected chi connectivity index (χ3v) is 6.46. The van der Waals surface area contributed by atoms with Crippen molar-refractivity contribution in [3.05, 3.63) is 35.5 Å². The van der Waals surface area contributed by atoms with Gasteiger partial charge < -0.3 is 14.8 Å². The molecule has 4 rings (SSSR count). The van der Waals surface area contributed by atoms with Gasteiger partial charge in [-0.1, -0.05) is 25.5 Å². The van der Waals surface area contributed by atoms with Crippen molar-refractivity contribution in [3.63, 3.8) is 0 Å². The molecular formula is C22H31N3O. The van der Waals surface area contributed by atoms with E-state index in [4.69, 9.17) is 0 Å². The summed E-state index contributed by atoms with van der Waals surface area (Å²) in [4.78, 5) is 14.5. The van der Waals surface area contributed by atoms with E-state index >= 15 is 0 Å². The van der Waals surface area contributed by atoms with Crippen molar-refractivity contribution in [2.75, 3.05) is 20.1 Å². The van der Waals surface area contributed by atoms with Gasteiger partial charge in [-0.05, 0) is 49.4 Å². The number of aryl methyl sites for hydroxylation is 1. The van der Waals surface area contributed by atoms with Gasteiger partial charge in [0, 0.05) is 55.6 Å². The third-order valence-electron chi connectivity index (χ3n) is 6.46. The van der Waals surface area contributed by atoms with Gasteiger partial charge in [0.15, 0.2) is 0 Å². The maximum Gasteiger partial charge on any atom is 0.220 e. The largest absolute Gasteiger partial charge is 0.356 e. The zero-order valence-electron chi connectivity index (χ0n) is 16.3. The van der Waals surface area contributed by atoms with Crippen LogP contribution in [-0.2, 0) is 18.3 Å². The first-order chi connectivity index (χ1) is 12.6. The number of piperidine rings is 1. The highest BCUT2D eigenvalue weighted by Crippen LogP contribution is 2.44. The summed E-state index contributed by atoms with van der Waals surface area (Å²) < 4.78 is 2.27.